The number of carbonyl (C=O) groups is 1. The van der Waals surface area contributed by atoms with Crippen molar-refractivity contribution in [2.75, 3.05) is 6.61 Å². The fourth-order valence-electron chi connectivity index (χ4n) is 0.827. The second-order valence-corrected chi connectivity index (χ2v) is 3.29. The van der Waals surface area contributed by atoms with Gasteiger partial charge < -0.3 is 4.74 Å². The summed E-state index contributed by atoms with van der Waals surface area (Å²) in [6.07, 6.45) is 0.137. The molecule has 0 radical (unpaired) electrons. The van der Waals surface area contributed by atoms with Crippen molar-refractivity contribution in [3.63, 3.8) is 0 Å². The van der Waals surface area contributed by atoms with Crippen molar-refractivity contribution in [2.24, 2.45) is 0 Å². The van der Waals surface area contributed by atoms with Crippen LogP contribution in [0.25, 0.3) is 0 Å². The molecule has 5 heteroatoms. The Hall–Kier alpha value is -0.970. The number of esters is 1. The minimum Gasteiger partial charge on any atom is -0.466 e. The highest BCUT2D eigenvalue weighted by Crippen LogP contribution is 2.11. The molecule has 0 spiro atoms. The molecule has 13 heavy (non-hydrogen) atoms. The van der Waals surface area contributed by atoms with Crippen molar-refractivity contribution in [1.82, 2.24) is 4.98 Å². The molecule has 3 nitrogen and oxygen atoms in total. The molecule has 0 N–H and O–H groups in total. The first-order valence-corrected chi connectivity index (χ1v) is 4.79. The van der Waals surface area contributed by atoms with Gasteiger partial charge in [0.15, 0.2) is 0 Å². The van der Waals surface area contributed by atoms with E-state index in [4.69, 9.17) is 4.74 Å². The quantitative estimate of drug-likeness (QED) is 0.699. The maximum atomic E-state index is 12.1. The van der Waals surface area contributed by atoms with Crippen LogP contribution in [0, 0.1) is 0 Å². The average Bonchev–Trinajstić information content (AvgIpc) is 2.52. The first-order chi connectivity index (χ1) is 6.26. The third-order valence-electron chi connectivity index (χ3n) is 1.34. The lowest BCUT2D eigenvalue weighted by Crippen LogP contribution is -2.07. The molecule has 1 aromatic heterocycles. The summed E-state index contributed by atoms with van der Waals surface area (Å²) in [5.74, 6) is -0.317. The third-order valence-corrected chi connectivity index (χ3v) is 2.23. The molecule has 1 aromatic rings. The largest absolute Gasteiger partial charge is 0.466 e. The number of aromatic nitrogens is 1. The number of hydrogen-bond donors (Lipinski definition) is 0. The van der Waals surface area contributed by atoms with Gasteiger partial charge in [0, 0.05) is 5.38 Å². The first-order valence-electron chi connectivity index (χ1n) is 3.91. The SMILES string of the molecule is CCOC(=O)Cc1nc(CF)cs1. The summed E-state index contributed by atoms with van der Waals surface area (Å²) < 4.78 is 16.8. The molecular weight excluding hydrogens is 193 g/mol. The monoisotopic (exact) mass is 203 g/mol. The number of nitrogens with zero attached hydrogens (tertiary/aromatic N) is 1. The van der Waals surface area contributed by atoms with Crippen LogP contribution >= 0.6 is 11.3 Å². The number of halogens is 1. The van der Waals surface area contributed by atoms with Crippen molar-refractivity contribution in [3.05, 3.63) is 16.1 Å². The molecule has 0 atom stereocenters. The van der Waals surface area contributed by atoms with Gasteiger partial charge in [0.05, 0.1) is 18.7 Å². The predicted molar refractivity (Wildman–Crippen MR) is 47.3 cm³/mol. The molecular formula is C8H10FNO2S. The van der Waals surface area contributed by atoms with Gasteiger partial charge in [-0.05, 0) is 6.92 Å². The van der Waals surface area contributed by atoms with E-state index < -0.39 is 6.67 Å². The maximum absolute atomic E-state index is 12.1. The number of thiazole rings is 1. The van der Waals surface area contributed by atoms with Crippen LogP contribution in [0.1, 0.15) is 17.6 Å². The van der Waals surface area contributed by atoms with E-state index >= 15 is 0 Å². The van der Waals surface area contributed by atoms with E-state index in [0.717, 1.165) is 0 Å². The summed E-state index contributed by atoms with van der Waals surface area (Å²) >= 11 is 1.28. The number of ether oxygens (including phenoxy) is 1. The lowest BCUT2D eigenvalue weighted by Gasteiger charge is -1.97. The highest BCUT2D eigenvalue weighted by Gasteiger charge is 2.07. The fourth-order valence-corrected chi connectivity index (χ4v) is 1.59. The molecule has 0 aliphatic rings. The van der Waals surface area contributed by atoms with Crippen LogP contribution in [0.15, 0.2) is 5.38 Å². The molecule has 0 amide bonds. The molecule has 0 aromatic carbocycles. The molecule has 0 saturated carbocycles. The van der Waals surface area contributed by atoms with Gasteiger partial charge in [-0.25, -0.2) is 9.37 Å². The smallest absolute Gasteiger partial charge is 0.312 e. The lowest BCUT2D eigenvalue weighted by molar-refractivity contribution is -0.142. The summed E-state index contributed by atoms with van der Waals surface area (Å²) in [5.41, 5.74) is 0.379. The third kappa shape index (κ3) is 3.10. The van der Waals surface area contributed by atoms with Gasteiger partial charge in [-0.3, -0.25) is 4.79 Å². The van der Waals surface area contributed by atoms with Gasteiger partial charge >= 0.3 is 5.97 Å². The molecule has 0 aliphatic heterocycles. The molecule has 1 rings (SSSR count). The Labute approximate surface area is 79.6 Å². The topological polar surface area (TPSA) is 39.2 Å². The van der Waals surface area contributed by atoms with E-state index in [9.17, 15) is 9.18 Å². The number of alkyl halides is 1. The van der Waals surface area contributed by atoms with Crippen LogP contribution in [0.4, 0.5) is 4.39 Å². The normalized spacial score (nSPS) is 10.0. The Kier molecular flexibility index (Phi) is 3.82. The highest BCUT2D eigenvalue weighted by atomic mass is 32.1. The number of rotatable bonds is 4. The van der Waals surface area contributed by atoms with Gasteiger partial charge in [-0.1, -0.05) is 0 Å². The van der Waals surface area contributed by atoms with Crippen molar-refractivity contribution in [3.8, 4) is 0 Å². The zero-order chi connectivity index (χ0) is 9.68. The summed E-state index contributed by atoms with van der Waals surface area (Å²) in [5, 5.41) is 2.21. The van der Waals surface area contributed by atoms with Gasteiger partial charge in [-0.15, -0.1) is 11.3 Å². The van der Waals surface area contributed by atoms with Crippen molar-refractivity contribution < 1.29 is 13.9 Å². The van der Waals surface area contributed by atoms with E-state index in [1.54, 1.807) is 12.3 Å². The van der Waals surface area contributed by atoms with Gasteiger partial charge in [0.1, 0.15) is 11.7 Å². The number of hydrogen-bond acceptors (Lipinski definition) is 4. The highest BCUT2D eigenvalue weighted by molar-refractivity contribution is 7.09. The van der Waals surface area contributed by atoms with Crippen molar-refractivity contribution >= 4 is 17.3 Å². The van der Waals surface area contributed by atoms with Crippen molar-refractivity contribution in [2.45, 2.75) is 20.0 Å². The van der Waals surface area contributed by atoms with Crippen LogP contribution < -0.4 is 0 Å². The average molecular weight is 203 g/mol. The Balaban J connectivity index is 2.49. The van der Waals surface area contributed by atoms with Crippen LogP contribution in [-0.2, 0) is 22.6 Å². The lowest BCUT2D eigenvalue weighted by atomic mass is 10.4. The van der Waals surface area contributed by atoms with E-state index in [1.165, 1.54) is 11.3 Å². The minimum absolute atomic E-state index is 0.137. The number of carbonyl (C=O) groups excluding carboxylic acids is 1. The summed E-state index contributed by atoms with van der Waals surface area (Å²) in [6, 6.07) is 0. The van der Waals surface area contributed by atoms with E-state index in [1.807, 2.05) is 0 Å². The van der Waals surface area contributed by atoms with E-state index in [-0.39, 0.29) is 12.4 Å². The Bertz CT molecular complexity index is 287. The molecule has 0 unspecified atom stereocenters. The van der Waals surface area contributed by atoms with Crippen molar-refractivity contribution in [1.29, 1.82) is 0 Å². The Morgan fingerprint density at radius 2 is 2.54 bits per heavy atom. The minimum atomic E-state index is -0.584. The second-order valence-electron chi connectivity index (χ2n) is 2.35. The summed E-state index contributed by atoms with van der Waals surface area (Å²) in [7, 11) is 0. The Morgan fingerprint density at radius 1 is 1.77 bits per heavy atom. The molecule has 0 aliphatic carbocycles. The molecule has 0 bridgehead atoms. The summed E-state index contributed by atoms with van der Waals surface area (Å²) in [4.78, 5) is 14.9. The van der Waals surface area contributed by atoms with Gasteiger partial charge in [0.25, 0.3) is 0 Å². The standard InChI is InChI=1S/C8H10FNO2S/c1-2-12-8(11)3-7-10-6(4-9)5-13-7/h5H,2-4H2,1H3. The zero-order valence-corrected chi connectivity index (χ0v) is 8.07. The fraction of sp³-hybridized carbons (Fsp3) is 0.500. The predicted octanol–water partition coefficient (Wildman–Crippen LogP) is 1.72. The van der Waals surface area contributed by atoms with Gasteiger partial charge in [-0.2, -0.15) is 0 Å². The molecule has 0 saturated heterocycles. The first kappa shape index (κ1) is 10.1. The van der Waals surface area contributed by atoms with Crippen LogP contribution in [0.3, 0.4) is 0 Å². The molecule has 1 heterocycles. The van der Waals surface area contributed by atoms with E-state index in [0.29, 0.717) is 17.3 Å². The second kappa shape index (κ2) is 4.91. The van der Waals surface area contributed by atoms with E-state index in [2.05, 4.69) is 4.98 Å². The summed E-state index contributed by atoms with van der Waals surface area (Å²) in [6.45, 7) is 1.52. The van der Waals surface area contributed by atoms with Gasteiger partial charge in [0.2, 0.25) is 0 Å². The van der Waals surface area contributed by atoms with Crippen LogP contribution in [-0.4, -0.2) is 17.6 Å². The van der Waals surface area contributed by atoms with Crippen LogP contribution in [0.2, 0.25) is 0 Å². The zero-order valence-electron chi connectivity index (χ0n) is 7.25. The van der Waals surface area contributed by atoms with Crippen LogP contribution in [0.5, 0.6) is 0 Å². The molecule has 0 fully saturated rings. The maximum Gasteiger partial charge on any atom is 0.312 e. The Morgan fingerprint density at radius 3 is 3.08 bits per heavy atom. The molecule has 72 valence electrons.